The van der Waals surface area contributed by atoms with Crippen LogP contribution in [-0.2, 0) is 14.8 Å². The third kappa shape index (κ3) is 5.01. The lowest BCUT2D eigenvalue weighted by Crippen LogP contribution is -2.54. The Morgan fingerprint density at radius 3 is 2.57 bits per heavy atom. The van der Waals surface area contributed by atoms with Crippen LogP contribution in [-0.4, -0.2) is 64.4 Å². The van der Waals surface area contributed by atoms with E-state index >= 15 is 4.39 Å². The molecule has 0 unspecified atom stereocenters. The van der Waals surface area contributed by atoms with Crippen molar-refractivity contribution in [3.8, 4) is 16.9 Å². The average Bonchev–Trinajstić information content (AvgIpc) is 2.92. The van der Waals surface area contributed by atoms with Crippen LogP contribution in [0.25, 0.3) is 28.0 Å². The number of amides is 1. The number of carbonyl (C=O) groups excluding carboxylic acids is 1. The highest BCUT2D eigenvalue weighted by molar-refractivity contribution is 7.89. The number of carbonyl (C=O) groups is 1. The molecule has 0 radical (unpaired) electrons. The van der Waals surface area contributed by atoms with E-state index in [9.17, 15) is 22.4 Å². The van der Waals surface area contributed by atoms with Gasteiger partial charge in [0.05, 0.1) is 27.4 Å². The number of fused-ring (bicyclic) bond motifs is 1. The van der Waals surface area contributed by atoms with Crippen molar-refractivity contribution in [2.75, 3.05) is 24.5 Å². The summed E-state index contributed by atoms with van der Waals surface area (Å²) in [4.78, 5) is 41.5. The molecule has 218 valence electrons. The second kappa shape index (κ2) is 10.9. The minimum Gasteiger partial charge on any atom is -0.350 e. The van der Waals surface area contributed by atoms with E-state index < -0.39 is 37.9 Å². The molecule has 1 saturated heterocycles. The standard InChI is InChI=1S/C27H24ClF2N7O4S/c1-4-21(38)35-10-11-36(14(2)13-35)25-16-12-19(30)23(22-17(28)6-5-7-18(22)29)33-26(16)37(27(39)34-25)24-15(3)32-9-8-20(24)42(31,40)41/h4-9,12,14H,1,10-11,13H2,2-3H3,(H2,31,40,41)/t14-/m0/s1. The number of anilines is 1. The minimum absolute atomic E-state index is 0.0160. The number of primary sulfonamides is 1. The molecule has 2 N–H and O–H groups in total. The average molecular weight is 616 g/mol. The summed E-state index contributed by atoms with van der Waals surface area (Å²) < 4.78 is 56.7. The first-order chi connectivity index (χ1) is 19.8. The number of hydrogen-bond acceptors (Lipinski definition) is 8. The third-order valence-corrected chi connectivity index (χ3v) is 8.24. The van der Waals surface area contributed by atoms with Crippen LogP contribution >= 0.6 is 11.6 Å². The molecule has 1 amide bonds. The van der Waals surface area contributed by atoms with Gasteiger partial charge in [-0.3, -0.25) is 9.78 Å². The summed E-state index contributed by atoms with van der Waals surface area (Å²) in [6, 6.07) is 5.54. The molecule has 1 fully saturated rings. The topological polar surface area (TPSA) is 144 Å². The SMILES string of the molecule is C=CC(=O)N1CCN(c2nc(=O)n(-c3c(S(N)(=O)=O)ccnc3C)c3nc(-c4c(F)cccc4Cl)c(F)cc23)[C@@H](C)C1. The molecule has 4 heterocycles. The molecular formula is C27H24ClF2N7O4S. The monoisotopic (exact) mass is 615 g/mol. The number of nitrogens with two attached hydrogens (primary N) is 1. The Bertz CT molecular complexity index is 1930. The van der Waals surface area contributed by atoms with Gasteiger partial charge in [0.2, 0.25) is 15.9 Å². The zero-order valence-corrected chi connectivity index (χ0v) is 24.0. The first kappa shape index (κ1) is 29.2. The zero-order valence-electron chi connectivity index (χ0n) is 22.4. The molecule has 1 aliphatic rings. The normalized spacial score (nSPS) is 15.7. The lowest BCUT2D eigenvalue weighted by molar-refractivity contribution is -0.126. The predicted molar refractivity (Wildman–Crippen MR) is 153 cm³/mol. The van der Waals surface area contributed by atoms with Gasteiger partial charge < -0.3 is 9.80 Å². The highest BCUT2D eigenvalue weighted by Gasteiger charge is 2.31. The first-order valence-corrected chi connectivity index (χ1v) is 14.5. The number of aryl methyl sites for hydroxylation is 1. The van der Waals surface area contributed by atoms with E-state index in [1.54, 1.807) is 16.7 Å². The predicted octanol–water partition coefficient (Wildman–Crippen LogP) is 2.95. The number of nitrogens with zero attached hydrogens (tertiary/aromatic N) is 6. The van der Waals surface area contributed by atoms with E-state index in [-0.39, 0.29) is 70.4 Å². The summed E-state index contributed by atoms with van der Waals surface area (Å²) in [6.07, 6.45) is 2.40. The Labute approximate surface area is 243 Å². The molecule has 0 saturated carbocycles. The summed E-state index contributed by atoms with van der Waals surface area (Å²) in [6.45, 7) is 7.50. The molecule has 0 aliphatic carbocycles. The van der Waals surface area contributed by atoms with Crippen LogP contribution in [0.3, 0.4) is 0 Å². The van der Waals surface area contributed by atoms with Gasteiger partial charge in [0, 0.05) is 31.9 Å². The minimum atomic E-state index is -4.40. The number of pyridine rings is 2. The lowest BCUT2D eigenvalue weighted by Gasteiger charge is -2.40. The van der Waals surface area contributed by atoms with Gasteiger partial charge in [-0.05, 0) is 44.2 Å². The van der Waals surface area contributed by atoms with Crippen LogP contribution < -0.4 is 15.7 Å². The van der Waals surface area contributed by atoms with Gasteiger partial charge in [-0.1, -0.05) is 24.2 Å². The first-order valence-electron chi connectivity index (χ1n) is 12.6. The van der Waals surface area contributed by atoms with Gasteiger partial charge in [-0.25, -0.2) is 36.7 Å². The quantitative estimate of drug-likeness (QED) is 0.338. The van der Waals surface area contributed by atoms with E-state index in [4.69, 9.17) is 16.7 Å². The summed E-state index contributed by atoms with van der Waals surface area (Å²) in [5.74, 6) is -2.06. The number of aromatic nitrogens is 4. The van der Waals surface area contributed by atoms with E-state index in [2.05, 4.69) is 21.5 Å². The van der Waals surface area contributed by atoms with Crippen molar-refractivity contribution in [1.82, 2.24) is 24.4 Å². The molecule has 3 aromatic heterocycles. The molecular weight excluding hydrogens is 592 g/mol. The highest BCUT2D eigenvalue weighted by atomic mass is 35.5. The number of piperazine rings is 1. The smallest absolute Gasteiger partial charge is 0.350 e. The van der Waals surface area contributed by atoms with Crippen molar-refractivity contribution in [3.05, 3.63) is 82.0 Å². The summed E-state index contributed by atoms with van der Waals surface area (Å²) in [5.41, 5.74) is -2.23. The maximum absolute atomic E-state index is 15.8. The van der Waals surface area contributed by atoms with Crippen molar-refractivity contribution in [2.45, 2.75) is 24.8 Å². The van der Waals surface area contributed by atoms with Crippen LogP contribution in [0.5, 0.6) is 0 Å². The van der Waals surface area contributed by atoms with Crippen LogP contribution in [0, 0.1) is 18.6 Å². The number of benzene rings is 1. The summed E-state index contributed by atoms with van der Waals surface area (Å²) >= 11 is 6.23. The Hall–Kier alpha value is -4.27. The van der Waals surface area contributed by atoms with E-state index in [0.29, 0.717) is 0 Å². The molecule has 42 heavy (non-hydrogen) atoms. The zero-order chi connectivity index (χ0) is 30.5. The summed E-state index contributed by atoms with van der Waals surface area (Å²) in [7, 11) is -4.40. The largest absolute Gasteiger partial charge is 0.355 e. The Kier molecular flexibility index (Phi) is 7.55. The maximum Gasteiger partial charge on any atom is 0.355 e. The van der Waals surface area contributed by atoms with Crippen molar-refractivity contribution >= 4 is 44.4 Å². The second-order valence-corrected chi connectivity index (χ2v) is 11.6. The molecule has 5 rings (SSSR count). The highest BCUT2D eigenvalue weighted by Crippen LogP contribution is 2.36. The summed E-state index contributed by atoms with van der Waals surface area (Å²) in [5, 5.41) is 5.35. The van der Waals surface area contributed by atoms with Gasteiger partial charge in [-0.2, -0.15) is 4.98 Å². The fraction of sp³-hybridized carbons (Fsp3) is 0.222. The van der Waals surface area contributed by atoms with Crippen LogP contribution in [0.4, 0.5) is 14.6 Å². The molecule has 1 atom stereocenters. The number of sulfonamides is 1. The Morgan fingerprint density at radius 1 is 1.19 bits per heavy atom. The fourth-order valence-corrected chi connectivity index (χ4v) is 6.08. The maximum atomic E-state index is 15.8. The van der Waals surface area contributed by atoms with Gasteiger partial charge >= 0.3 is 5.69 Å². The molecule has 11 nitrogen and oxygen atoms in total. The molecule has 15 heteroatoms. The van der Waals surface area contributed by atoms with E-state index in [0.717, 1.165) is 22.8 Å². The van der Waals surface area contributed by atoms with Gasteiger partial charge in [0.25, 0.3) is 0 Å². The van der Waals surface area contributed by atoms with Crippen molar-refractivity contribution < 1.29 is 22.0 Å². The van der Waals surface area contributed by atoms with Crippen molar-refractivity contribution in [3.63, 3.8) is 0 Å². The third-order valence-electron chi connectivity index (χ3n) is 6.99. The molecule has 4 aromatic rings. The Balaban J connectivity index is 1.86. The molecule has 0 spiro atoms. The van der Waals surface area contributed by atoms with Gasteiger partial charge in [0.15, 0.2) is 11.5 Å². The van der Waals surface area contributed by atoms with Crippen molar-refractivity contribution in [2.24, 2.45) is 5.14 Å². The lowest BCUT2D eigenvalue weighted by atomic mass is 10.1. The molecule has 0 bridgehead atoms. The fourth-order valence-electron chi connectivity index (χ4n) is 5.06. The van der Waals surface area contributed by atoms with Crippen LogP contribution in [0.15, 0.2) is 58.9 Å². The van der Waals surface area contributed by atoms with E-state index in [1.807, 2.05) is 0 Å². The number of halogens is 3. The number of rotatable bonds is 5. The van der Waals surface area contributed by atoms with Crippen LogP contribution in [0.1, 0.15) is 12.6 Å². The van der Waals surface area contributed by atoms with Crippen LogP contribution in [0.2, 0.25) is 5.02 Å². The second-order valence-electron chi connectivity index (χ2n) is 9.66. The van der Waals surface area contributed by atoms with E-state index in [1.165, 1.54) is 31.3 Å². The Morgan fingerprint density at radius 2 is 1.93 bits per heavy atom. The van der Waals surface area contributed by atoms with Crippen molar-refractivity contribution in [1.29, 1.82) is 0 Å². The number of hydrogen-bond donors (Lipinski definition) is 1. The van der Waals surface area contributed by atoms with Gasteiger partial charge in [0.1, 0.15) is 22.2 Å². The van der Waals surface area contributed by atoms with Gasteiger partial charge in [-0.15, -0.1) is 0 Å². The molecule has 1 aliphatic heterocycles. The molecule has 1 aromatic carbocycles.